The van der Waals surface area contributed by atoms with E-state index in [9.17, 15) is 4.79 Å². The molecule has 1 heterocycles. The van der Waals surface area contributed by atoms with Gasteiger partial charge in [0.1, 0.15) is 0 Å². The van der Waals surface area contributed by atoms with E-state index in [0.29, 0.717) is 19.3 Å². The highest BCUT2D eigenvalue weighted by Crippen LogP contribution is 2.29. The quantitative estimate of drug-likeness (QED) is 0.689. The maximum atomic E-state index is 10.9. The minimum atomic E-state index is -0.760. The highest BCUT2D eigenvalue weighted by atomic mass is 16.5. The number of hydrogen-bond donors (Lipinski definition) is 1. The van der Waals surface area contributed by atoms with Crippen molar-refractivity contribution >= 4 is 5.97 Å². The van der Waals surface area contributed by atoms with Crippen LogP contribution in [0.3, 0.4) is 0 Å². The molecule has 0 atom stereocenters. The largest absolute Gasteiger partial charge is 0.490 e. The summed E-state index contributed by atoms with van der Waals surface area (Å²) in [4.78, 5) is 15.2. The first-order valence-electron chi connectivity index (χ1n) is 9.56. The van der Waals surface area contributed by atoms with Gasteiger partial charge in [0, 0.05) is 12.6 Å². The summed E-state index contributed by atoms with van der Waals surface area (Å²) in [5.41, 5.74) is 1.22. The van der Waals surface area contributed by atoms with Crippen LogP contribution >= 0.6 is 0 Å². The fourth-order valence-electron chi connectivity index (χ4n) is 3.37. The average molecular weight is 364 g/mol. The summed E-state index contributed by atoms with van der Waals surface area (Å²) in [6.45, 7) is 8.33. The van der Waals surface area contributed by atoms with E-state index >= 15 is 0 Å². The Morgan fingerprint density at radius 1 is 1.23 bits per heavy atom. The van der Waals surface area contributed by atoms with Gasteiger partial charge in [-0.15, -0.1) is 0 Å². The standard InChI is InChI=1S/C20H32N2O4/c1-4-12-26-18-7-6-16(13-19(18)25-5-2)14-22-10-8-17(9-11-22)21(3)15-20(23)24/h6-7,13,17H,4-5,8-12,14-15H2,1-3H3,(H,23,24). The van der Waals surface area contributed by atoms with Gasteiger partial charge < -0.3 is 14.6 Å². The van der Waals surface area contributed by atoms with Crippen LogP contribution in [-0.2, 0) is 11.3 Å². The number of likely N-dealkylation sites (N-methyl/N-ethyl adjacent to an activating group) is 1. The van der Waals surface area contributed by atoms with Gasteiger partial charge in [-0.05, 0) is 64.0 Å². The zero-order valence-electron chi connectivity index (χ0n) is 16.2. The van der Waals surface area contributed by atoms with E-state index in [1.54, 1.807) is 0 Å². The number of ether oxygens (including phenoxy) is 2. The molecule has 2 rings (SSSR count). The van der Waals surface area contributed by atoms with Crippen LogP contribution in [0.4, 0.5) is 0 Å². The normalized spacial score (nSPS) is 16.0. The van der Waals surface area contributed by atoms with E-state index in [4.69, 9.17) is 14.6 Å². The topological polar surface area (TPSA) is 62.2 Å². The zero-order chi connectivity index (χ0) is 18.9. The monoisotopic (exact) mass is 364 g/mol. The molecule has 0 saturated carbocycles. The number of aliphatic carboxylic acids is 1. The predicted octanol–water partition coefficient (Wildman–Crippen LogP) is 2.85. The summed E-state index contributed by atoms with van der Waals surface area (Å²) in [6.07, 6.45) is 2.97. The van der Waals surface area contributed by atoms with Crippen LogP contribution in [0, 0.1) is 0 Å². The van der Waals surface area contributed by atoms with Gasteiger partial charge in [-0.25, -0.2) is 0 Å². The van der Waals surface area contributed by atoms with Crippen molar-refractivity contribution in [3.8, 4) is 11.5 Å². The summed E-state index contributed by atoms with van der Waals surface area (Å²) in [5, 5.41) is 8.93. The lowest BCUT2D eigenvalue weighted by atomic mass is 10.0. The van der Waals surface area contributed by atoms with Gasteiger partial charge in [0.2, 0.25) is 0 Å². The molecule has 0 radical (unpaired) electrons. The number of likely N-dealkylation sites (tertiary alicyclic amines) is 1. The van der Waals surface area contributed by atoms with Crippen molar-refractivity contribution in [2.45, 2.75) is 45.7 Å². The Bertz CT molecular complexity index is 571. The highest BCUT2D eigenvalue weighted by molar-refractivity contribution is 5.69. The summed E-state index contributed by atoms with van der Waals surface area (Å²) in [7, 11) is 1.90. The smallest absolute Gasteiger partial charge is 0.317 e. The number of carboxylic acid groups (broad SMARTS) is 1. The third kappa shape index (κ3) is 6.18. The minimum Gasteiger partial charge on any atom is -0.490 e. The molecule has 0 aromatic heterocycles. The van der Waals surface area contributed by atoms with E-state index in [1.807, 2.05) is 24.9 Å². The third-order valence-corrected chi connectivity index (χ3v) is 4.74. The Balaban J connectivity index is 1.90. The molecule has 1 aliphatic heterocycles. The number of rotatable bonds is 10. The molecule has 1 aromatic rings. The fraction of sp³-hybridized carbons (Fsp3) is 0.650. The van der Waals surface area contributed by atoms with Gasteiger partial charge >= 0.3 is 5.97 Å². The van der Waals surface area contributed by atoms with Crippen LogP contribution < -0.4 is 9.47 Å². The molecule has 1 fully saturated rings. The number of hydrogen-bond acceptors (Lipinski definition) is 5. The number of carboxylic acids is 1. The van der Waals surface area contributed by atoms with Gasteiger partial charge in [0.15, 0.2) is 11.5 Å². The molecule has 6 heteroatoms. The summed E-state index contributed by atoms with van der Waals surface area (Å²) in [6, 6.07) is 6.54. The molecule has 146 valence electrons. The Labute approximate surface area is 156 Å². The van der Waals surface area contributed by atoms with Crippen LogP contribution in [0.1, 0.15) is 38.7 Å². The molecule has 1 N–H and O–H groups in total. The molecular weight excluding hydrogens is 332 g/mol. The van der Waals surface area contributed by atoms with Gasteiger partial charge in [-0.3, -0.25) is 14.6 Å². The van der Waals surface area contributed by atoms with Crippen LogP contribution in [-0.4, -0.2) is 66.8 Å². The maximum absolute atomic E-state index is 10.9. The second-order valence-electron chi connectivity index (χ2n) is 6.88. The van der Waals surface area contributed by atoms with E-state index in [2.05, 4.69) is 24.0 Å². The Morgan fingerprint density at radius 2 is 1.96 bits per heavy atom. The molecule has 1 aromatic carbocycles. The van der Waals surface area contributed by atoms with Crippen LogP contribution in [0.25, 0.3) is 0 Å². The van der Waals surface area contributed by atoms with Crippen molar-refractivity contribution in [3.63, 3.8) is 0 Å². The van der Waals surface area contributed by atoms with Crippen molar-refractivity contribution in [1.29, 1.82) is 0 Å². The van der Waals surface area contributed by atoms with E-state index in [-0.39, 0.29) is 6.54 Å². The Kier molecular flexibility index (Phi) is 8.19. The lowest BCUT2D eigenvalue weighted by Gasteiger charge is -2.36. The van der Waals surface area contributed by atoms with Gasteiger partial charge in [-0.2, -0.15) is 0 Å². The first kappa shape index (κ1) is 20.5. The molecular formula is C20H32N2O4. The Hall–Kier alpha value is -1.79. The van der Waals surface area contributed by atoms with Gasteiger partial charge in [-0.1, -0.05) is 13.0 Å². The van der Waals surface area contributed by atoms with Crippen molar-refractivity contribution in [2.75, 3.05) is 39.9 Å². The molecule has 0 spiro atoms. The summed E-state index contributed by atoms with van der Waals surface area (Å²) < 4.78 is 11.5. The lowest BCUT2D eigenvalue weighted by Crippen LogP contribution is -2.44. The molecule has 0 amide bonds. The van der Waals surface area contributed by atoms with Gasteiger partial charge in [0.25, 0.3) is 0 Å². The molecule has 0 bridgehead atoms. The van der Waals surface area contributed by atoms with Crippen molar-refractivity contribution in [2.24, 2.45) is 0 Å². The Morgan fingerprint density at radius 3 is 2.58 bits per heavy atom. The average Bonchev–Trinajstić information content (AvgIpc) is 2.61. The summed E-state index contributed by atoms with van der Waals surface area (Å²) >= 11 is 0. The SMILES string of the molecule is CCCOc1ccc(CN2CCC(N(C)CC(=O)O)CC2)cc1OCC. The van der Waals surface area contributed by atoms with Crippen molar-refractivity contribution in [1.82, 2.24) is 9.80 Å². The molecule has 6 nitrogen and oxygen atoms in total. The molecule has 1 saturated heterocycles. The van der Waals surface area contributed by atoms with Crippen LogP contribution in [0.5, 0.6) is 11.5 Å². The molecule has 0 aliphatic carbocycles. The van der Waals surface area contributed by atoms with Crippen molar-refractivity contribution in [3.05, 3.63) is 23.8 Å². The number of nitrogens with zero attached hydrogens (tertiary/aromatic N) is 2. The summed E-state index contributed by atoms with van der Waals surface area (Å²) in [5.74, 6) is 0.866. The third-order valence-electron chi connectivity index (χ3n) is 4.74. The maximum Gasteiger partial charge on any atom is 0.317 e. The second kappa shape index (κ2) is 10.4. The van der Waals surface area contributed by atoms with E-state index in [1.165, 1.54) is 5.56 Å². The number of carbonyl (C=O) groups is 1. The molecule has 26 heavy (non-hydrogen) atoms. The highest BCUT2D eigenvalue weighted by Gasteiger charge is 2.23. The predicted molar refractivity (Wildman–Crippen MR) is 102 cm³/mol. The second-order valence-corrected chi connectivity index (χ2v) is 6.88. The zero-order valence-corrected chi connectivity index (χ0v) is 16.2. The molecule has 0 unspecified atom stereocenters. The van der Waals surface area contributed by atoms with Crippen molar-refractivity contribution < 1.29 is 19.4 Å². The first-order chi connectivity index (χ1) is 12.5. The lowest BCUT2D eigenvalue weighted by molar-refractivity contribution is -0.138. The van der Waals surface area contributed by atoms with Crippen LogP contribution in [0.2, 0.25) is 0 Å². The van der Waals surface area contributed by atoms with E-state index in [0.717, 1.165) is 50.4 Å². The number of benzene rings is 1. The fourth-order valence-corrected chi connectivity index (χ4v) is 3.37. The minimum absolute atomic E-state index is 0.113. The van der Waals surface area contributed by atoms with Crippen LogP contribution in [0.15, 0.2) is 18.2 Å². The van der Waals surface area contributed by atoms with Gasteiger partial charge in [0.05, 0.1) is 19.8 Å². The van der Waals surface area contributed by atoms with E-state index < -0.39 is 5.97 Å². The first-order valence-corrected chi connectivity index (χ1v) is 9.56. The number of piperidine rings is 1. The molecule has 1 aliphatic rings.